The van der Waals surface area contributed by atoms with Crippen LogP contribution in [-0.2, 0) is 16.6 Å². The van der Waals surface area contributed by atoms with E-state index in [-0.39, 0.29) is 9.92 Å². The number of piperazine rings is 1. The molecule has 29 heavy (non-hydrogen) atoms. The van der Waals surface area contributed by atoms with E-state index in [1.807, 2.05) is 31.2 Å². The first-order valence-electron chi connectivity index (χ1n) is 9.26. The molecule has 0 radical (unpaired) electrons. The van der Waals surface area contributed by atoms with E-state index in [4.69, 9.17) is 11.6 Å². The van der Waals surface area contributed by atoms with Crippen LogP contribution in [0.15, 0.2) is 53.4 Å². The van der Waals surface area contributed by atoms with E-state index >= 15 is 0 Å². The van der Waals surface area contributed by atoms with Crippen LogP contribution in [0.3, 0.4) is 0 Å². The number of hydrogen-bond donors (Lipinski definition) is 0. The quantitative estimate of drug-likeness (QED) is 0.614. The summed E-state index contributed by atoms with van der Waals surface area (Å²) in [4.78, 5) is 2.30. The Balaban J connectivity index is 1.43. The van der Waals surface area contributed by atoms with Crippen molar-refractivity contribution in [1.82, 2.24) is 29.4 Å². The van der Waals surface area contributed by atoms with E-state index in [0.29, 0.717) is 32.7 Å². The molecule has 0 aliphatic carbocycles. The lowest BCUT2D eigenvalue weighted by Crippen LogP contribution is -2.48. The van der Waals surface area contributed by atoms with Crippen molar-refractivity contribution in [3.8, 4) is 5.69 Å². The lowest BCUT2D eigenvalue weighted by molar-refractivity contribution is 0.177. The summed E-state index contributed by atoms with van der Waals surface area (Å²) in [6.07, 6.45) is 0. The van der Waals surface area contributed by atoms with Gasteiger partial charge in [0.15, 0.2) is 5.82 Å². The van der Waals surface area contributed by atoms with Gasteiger partial charge in [-0.3, -0.25) is 4.90 Å². The number of aromatic nitrogens is 4. The number of halogens is 1. The summed E-state index contributed by atoms with van der Waals surface area (Å²) >= 11 is 6.10. The molecule has 1 saturated heterocycles. The molecule has 0 amide bonds. The van der Waals surface area contributed by atoms with Gasteiger partial charge in [0.2, 0.25) is 10.0 Å². The first-order valence-corrected chi connectivity index (χ1v) is 11.1. The summed E-state index contributed by atoms with van der Waals surface area (Å²) in [5, 5.41) is 12.3. The smallest absolute Gasteiger partial charge is 0.244 e. The zero-order valence-electron chi connectivity index (χ0n) is 15.9. The largest absolute Gasteiger partial charge is 0.293 e. The third-order valence-corrected chi connectivity index (χ3v) is 7.36. The number of benzene rings is 2. The van der Waals surface area contributed by atoms with E-state index in [2.05, 4.69) is 20.4 Å². The fraction of sp³-hybridized carbons (Fsp3) is 0.316. The molecule has 1 aromatic heterocycles. The molecule has 0 N–H and O–H groups in total. The molecule has 2 heterocycles. The molecule has 2 aromatic carbocycles. The predicted octanol–water partition coefficient (Wildman–Crippen LogP) is 2.13. The second-order valence-electron chi connectivity index (χ2n) is 6.95. The summed E-state index contributed by atoms with van der Waals surface area (Å²) in [6.45, 7) is 4.52. The summed E-state index contributed by atoms with van der Waals surface area (Å²) in [7, 11) is -3.60. The minimum absolute atomic E-state index is 0.151. The molecule has 1 aliphatic rings. The van der Waals surface area contributed by atoms with E-state index in [0.717, 1.165) is 11.5 Å². The van der Waals surface area contributed by atoms with Crippen molar-refractivity contribution in [3.05, 3.63) is 64.9 Å². The van der Waals surface area contributed by atoms with Crippen molar-refractivity contribution in [2.45, 2.75) is 18.4 Å². The molecule has 0 atom stereocenters. The predicted molar refractivity (Wildman–Crippen MR) is 109 cm³/mol. The molecule has 1 aliphatic heterocycles. The molecule has 152 valence electrons. The number of aryl methyl sites for hydroxylation is 1. The fourth-order valence-electron chi connectivity index (χ4n) is 3.31. The first-order chi connectivity index (χ1) is 13.9. The normalized spacial score (nSPS) is 16.2. The lowest BCUT2D eigenvalue weighted by Gasteiger charge is -2.33. The van der Waals surface area contributed by atoms with Crippen molar-refractivity contribution >= 4 is 21.6 Å². The number of hydrogen-bond acceptors (Lipinski definition) is 6. The van der Waals surface area contributed by atoms with E-state index in [1.54, 1.807) is 28.9 Å². The molecule has 1 fully saturated rings. The second-order valence-corrected chi connectivity index (χ2v) is 9.27. The van der Waals surface area contributed by atoms with E-state index < -0.39 is 10.0 Å². The molecule has 0 unspecified atom stereocenters. The first kappa shape index (κ1) is 20.0. The van der Waals surface area contributed by atoms with Crippen molar-refractivity contribution in [3.63, 3.8) is 0 Å². The monoisotopic (exact) mass is 432 g/mol. The Morgan fingerprint density at radius 1 is 1.00 bits per heavy atom. The average Bonchev–Trinajstić information content (AvgIpc) is 3.17. The summed E-state index contributed by atoms with van der Waals surface area (Å²) in [6, 6.07) is 14.5. The maximum absolute atomic E-state index is 12.9. The van der Waals surface area contributed by atoms with Gasteiger partial charge in [-0.25, -0.2) is 8.42 Å². The Kier molecular flexibility index (Phi) is 5.64. The molecular weight excluding hydrogens is 412 g/mol. The Hall–Kier alpha value is -2.33. The van der Waals surface area contributed by atoms with Crippen LogP contribution in [0.1, 0.15) is 11.4 Å². The molecular formula is C19H21ClN6O2S. The Morgan fingerprint density at radius 2 is 1.69 bits per heavy atom. The minimum atomic E-state index is -3.60. The average molecular weight is 433 g/mol. The molecule has 0 saturated carbocycles. The van der Waals surface area contributed by atoms with Crippen molar-refractivity contribution in [1.29, 1.82) is 0 Å². The Morgan fingerprint density at radius 3 is 2.38 bits per heavy atom. The highest BCUT2D eigenvalue weighted by atomic mass is 35.5. The standard InChI is InChI=1S/C19H21ClN6O2S/c1-15-6-8-16(9-7-15)26-19(21-22-23-26)14-24-10-12-25(13-11-24)29(27,28)18-5-3-2-4-17(18)20/h2-9H,10-14H2,1H3. The van der Waals surface area contributed by atoms with Gasteiger partial charge >= 0.3 is 0 Å². The topological polar surface area (TPSA) is 84.2 Å². The van der Waals surface area contributed by atoms with E-state index in [9.17, 15) is 8.42 Å². The maximum atomic E-state index is 12.9. The van der Waals surface area contributed by atoms with Crippen LogP contribution in [0, 0.1) is 6.92 Å². The van der Waals surface area contributed by atoms with Gasteiger partial charge in [0.1, 0.15) is 4.90 Å². The Bertz CT molecular complexity index is 1090. The van der Waals surface area contributed by atoms with Gasteiger partial charge in [0.05, 0.1) is 17.3 Å². The highest BCUT2D eigenvalue weighted by Gasteiger charge is 2.30. The van der Waals surface area contributed by atoms with Gasteiger partial charge in [0, 0.05) is 26.2 Å². The van der Waals surface area contributed by atoms with Crippen molar-refractivity contribution in [2.24, 2.45) is 0 Å². The van der Waals surface area contributed by atoms with Crippen LogP contribution < -0.4 is 0 Å². The van der Waals surface area contributed by atoms with E-state index in [1.165, 1.54) is 9.87 Å². The Labute approximate surface area is 174 Å². The van der Waals surface area contributed by atoms with Crippen LogP contribution in [0.2, 0.25) is 5.02 Å². The van der Waals surface area contributed by atoms with Gasteiger partial charge < -0.3 is 0 Å². The molecule has 4 rings (SSSR count). The third kappa shape index (κ3) is 4.18. The van der Waals surface area contributed by atoms with Gasteiger partial charge in [-0.2, -0.15) is 8.99 Å². The van der Waals surface area contributed by atoms with Crippen molar-refractivity contribution < 1.29 is 8.42 Å². The SMILES string of the molecule is Cc1ccc(-n2nnnc2CN2CCN(S(=O)(=O)c3ccccc3Cl)CC2)cc1. The van der Waals surface area contributed by atoms with Gasteiger partial charge in [-0.1, -0.05) is 41.4 Å². The second kappa shape index (κ2) is 8.19. The van der Waals surface area contributed by atoms with Crippen LogP contribution in [0.25, 0.3) is 5.69 Å². The summed E-state index contributed by atoms with van der Waals surface area (Å²) < 4.78 is 29.0. The highest BCUT2D eigenvalue weighted by molar-refractivity contribution is 7.89. The summed E-state index contributed by atoms with van der Waals surface area (Å²) in [5.74, 6) is 0.719. The number of tetrazole rings is 1. The number of nitrogens with zero attached hydrogens (tertiary/aromatic N) is 6. The van der Waals surface area contributed by atoms with Crippen LogP contribution in [-0.4, -0.2) is 64.0 Å². The molecule has 3 aromatic rings. The molecule has 0 bridgehead atoms. The van der Waals surface area contributed by atoms with Crippen LogP contribution in [0.5, 0.6) is 0 Å². The van der Waals surface area contributed by atoms with Gasteiger partial charge in [0.25, 0.3) is 0 Å². The van der Waals surface area contributed by atoms with Crippen LogP contribution in [0.4, 0.5) is 0 Å². The molecule has 8 nitrogen and oxygen atoms in total. The zero-order chi connectivity index (χ0) is 20.4. The molecule has 0 spiro atoms. The highest BCUT2D eigenvalue weighted by Crippen LogP contribution is 2.25. The fourth-order valence-corrected chi connectivity index (χ4v) is 5.23. The molecule has 10 heteroatoms. The maximum Gasteiger partial charge on any atom is 0.244 e. The lowest BCUT2D eigenvalue weighted by atomic mass is 10.2. The van der Waals surface area contributed by atoms with Gasteiger partial charge in [-0.05, 0) is 41.6 Å². The number of rotatable bonds is 5. The number of sulfonamides is 1. The van der Waals surface area contributed by atoms with Gasteiger partial charge in [-0.15, -0.1) is 5.10 Å². The van der Waals surface area contributed by atoms with Crippen molar-refractivity contribution in [2.75, 3.05) is 26.2 Å². The van der Waals surface area contributed by atoms with Crippen LogP contribution >= 0.6 is 11.6 Å². The third-order valence-electron chi connectivity index (χ3n) is 4.96. The zero-order valence-corrected chi connectivity index (χ0v) is 17.5. The minimum Gasteiger partial charge on any atom is -0.293 e. The summed E-state index contributed by atoms with van der Waals surface area (Å²) in [5.41, 5.74) is 2.06.